The van der Waals surface area contributed by atoms with E-state index in [2.05, 4.69) is 31.2 Å². The molecule has 29 heavy (non-hydrogen) atoms. The molecule has 0 unspecified atom stereocenters. The number of alkyl halides is 2. The van der Waals surface area contributed by atoms with Crippen LogP contribution in [0.15, 0.2) is 46.0 Å². The van der Waals surface area contributed by atoms with Crippen molar-refractivity contribution in [3.05, 3.63) is 58.1 Å². The van der Waals surface area contributed by atoms with E-state index < -0.39 is 42.0 Å². The predicted molar refractivity (Wildman–Crippen MR) is 108 cm³/mol. The van der Waals surface area contributed by atoms with Gasteiger partial charge in [0.1, 0.15) is 23.5 Å². The lowest BCUT2D eigenvalue weighted by Crippen LogP contribution is -2.48. The molecule has 0 bridgehead atoms. The van der Waals surface area contributed by atoms with Crippen molar-refractivity contribution in [2.24, 2.45) is 10.7 Å². The Morgan fingerprint density at radius 3 is 2.69 bits per heavy atom. The minimum Gasteiger partial charge on any atom is -0.385 e. The summed E-state index contributed by atoms with van der Waals surface area (Å²) in [6, 6.07) is 6.45. The third kappa shape index (κ3) is 4.71. The van der Waals surface area contributed by atoms with Crippen molar-refractivity contribution in [2.75, 3.05) is 11.9 Å². The molecular formula is C18H17BrClF3N4O2. The molecule has 6 nitrogen and oxygen atoms in total. The van der Waals surface area contributed by atoms with Crippen LogP contribution in [-0.4, -0.2) is 35.9 Å². The van der Waals surface area contributed by atoms with Crippen LogP contribution < -0.4 is 11.1 Å². The van der Waals surface area contributed by atoms with Gasteiger partial charge in [-0.25, -0.2) is 18.2 Å². The SMILES string of the molecule is C[C@H]1OC[C@](c2cc(NC(=O)c3ccc(Br)cn3)ccc2F)(C(F)F)N=C1N.Cl. The van der Waals surface area contributed by atoms with Gasteiger partial charge in [-0.15, -0.1) is 12.4 Å². The molecule has 0 spiro atoms. The average molecular weight is 494 g/mol. The standard InChI is InChI=1S/C18H16BrF3N4O2.ClH/c1-9-15(23)26-18(8-28-9,17(21)22)12-6-11(3-4-13(12)20)25-16(27)14-5-2-10(19)7-24-14;/h2-7,9,17H,8H2,1H3,(H2,23,26)(H,25,27);1H/t9-,18+;/m1./s1. The number of pyridine rings is 1. The largest absolute Gasteiger partial charge is 0.385 e. The maximum Gasteiger partial charge on any atom is 0.274 e. The minimum absolute atomic E-state index is 0. The van der Waals surface area contributed by atoms with Gasteiger partial charge in [-0.1, -0.05) is 0 Å². The summed E-state index contributed by atoms with van der Waals surface area (Å²) in [5.41, 5.74) is 3.18. The van der Waals surface area contributed by atoms with Crippen molar-refractivity contribution < 1.29 is 22.7 Å². The van der Waals surface area contributed by atoms with Gasteiger partial charge in [0.05, 0.1) is 6.61 Å². The lowest BCUT2D eigenvalue weighted by Gasteiger charge is -2.35. The predicted octanol–water partition coefficient (Wildman–Crippen LogP) is 3.89. The van der Waals surface area contributed by atoms with Crippen LogP contribution in [0.4, 0.5) is 18.9 Å². The molecule has 0 radical (unpaired) electrons. The Bertz CT molecular complexity index is 930. The average Bonchev–Trinajstić information content (AvgIpc) is 2.66. The molecule has 1 aliphatic rings. The van der Waals surface area contributed by atoms with E-state index in [4.69, 9.17) is 10.5 Å². The zero-order chi connectivity index (χ0) is 20.5. The van der Waals surface area contributed by atoms with Gasteiger partial charge in [-0.2, -0.15) is 0 Å². The van der Waals surface area contributed by atoms with Crippen LogP contribution in [0.1, 0.15) is 23.0 Å². The van der Waals surface area contributed by atoms with Gasteiger partial charge in [-0.05, 0) is 53.2 Å². The van der Waals surface area contributed by atoms with E-state index >= 15 is 0 Å². The highest BCUT2D eigenvalue weighted by Crippen LogP contribution is 2.38. The number of hydrogen-bond acceptors (Lipinski definition) is 5. The second kappa shape index (κ2) is 9.10. The van der Waals surface area contributed by atoms with E-state index in [9.17, 15) is 18.0 Å². The van der Waals surface area contributed by atoms with Crippen molar-refractivity contribution in [1.29, 1.82) is 0 Å². The number of carbonyl (C=O) groups is 1. The lowest BCUT2D eigenvalue weighted by molar-refractivity contribution is -0.0340. The molecule has 0 fully saturated rings. The lowest BCUT2D eigenvalue weighted by atomic mass is 9.89. The molecule has 0 aliphatic carbocycles. The molecule has 2 aromatic rings. The Morgan fingerprint density at radius 2 is 2.10 bits per heavy atom. The Hall–Kier alpha value is -2.17. The molecule has 2 heterocycles. The van der Waals surface area contributed by atoms with Crippen molar-refractivity contribution in [3.63, 3.8) is 0 Å². The van der Waals surface area contributed by atoms with Gasteiger partial charge in [0.25, 0.3) is 12.3 Å². The molecule has 1 aromatic heterocycles. The molecule has 1 aliphatic heterocycles. The number of benzene rings is 1. The Balaban J connectivity index is 0.00000300. The summed E-state index contributed by atoms with van der Waals surface area (Å²) in [6.45, 7) is 1.02. The molecule has 3 N–H and O–H groups in total. The topological polar surface area (TPSA) is 89.6 Å². The zero-order valence-electron chi connectivity index (χ0n) is 15.0. The molecule has 11 heteroatoms. The summed E-state index contributed by atoms with van der Waals surface area (Å²) in [7, 11) is 0. The summed E-state index contributed by atoms with van der Waals surface area (Å²) in [5, 5.41) is 2.51. The highest BCUT2D eigenvalue weighted by Gasteiger charge is 2.47. The minimum atomic E-state index is -3.08. The number of nitrogens with two attached hydrogens (primary N) is 1. The van der Waals surface area contributed by atoms with Crippen LogP contribution in [0, 0.1) is 5.82 Å². The van der Waals surface area contributed by atoms with E-state index in [0.29, 0.717) is 4.47 Å². The number of aromatic nitrogens is 1. The normalized spacial score (nSPS) is 21.3. The third-order valence-electron chi connectivity index (χ3n) is 4.31. The monoisotopic (exact) mass is 492 g/mol. The molecule has 3 rings (SSSR count). The van der Waals surface area contributed by atoms with E-state index in [0.717, 1.165) is 12.1 Å². The van der Waals surface area contributed by atoms with E-state index in [1.54, 1.807) is 13.0 Å². The number of amidine groups is 1. The van der Waals surface area contributed by atoms with Crippen LogP contribution >= 0.6 is 28.3 Å². The number of anilines is 1. The van der Waals surface area contributed by atoms with Crippen molar-refractivity contribution in [2.45, 2.75) is 25.0 Å². The second-order valence-corrected chi connectivity index (χ2v) is 7.14. The first-order valence-corrected chi connectivity index (χ1v) is 9.00. The summed E-state index contributed by atoms with van der Waals surface area (Å²) < 4.78 is 48.3. The van der Waals surface area contributed by atoms with Crippen molar-refractivity contribution in [3.8, 4) is 0 Å². The molecule has 0 saturated carbocycles. The first kappa shape index (κ1) is 23.1. The maximum absolute atomic E-state index is 14.5. The number of halogens is 5. The number of ether oxygens (including phenoxy) is 1. The van der Waals surface area contributed by atoms with E-state index in [1.165, 1.54) is 18.3 Å². The first-order chi connectivity index (χ1) is 13.2. The summed E-state index contributed by atoms with van der Waals surface area (Å²) >= 11 is 3.21. The molecule has 0 saturated heterocycles. The van der Waals surface area contributed by atoms with Crippen LogP contribution in [0.3, 0.4) is 0 Å². The van der Waals surface area contributed by atoms with Gasteiger partial charge in [-0.3, -0.25) is 9.79 Å². The quantitative estimate of drug-likeness (QED) is 0.676. The van der Waals surface area contributed by atoms with Crippen LogP contribution in [-0.2, 0) is 10.3 Å². The number of nitrogens with one attached hydrogen (secondary N) is 1. The Labute approximate surface area is 179 Å². The fourth-order valence-electron chi connectivity index (χ4n) is 2.70. The maximum atomic E-state index is 14.5. The summed E-state index contributed by atoms with van der Waals surface area (Å²) in [6.07, 6.45) is -2.29. The van der Waals surface area contributed by atoms with Gasteiger partial charge >= 0.3 is 0 Å². The molecular weight excluding hydrogens is 477 g/mol. The number of hydrogen-bond donors (Lipinski definition) is 2. The number of aliphatic imine (C=N–C) groups is 1. The van der Waals surface area contributed by atoms with Crippen LogP contribution in [0.2, 0.25) is 0 Å². The highest BCUT2D eigenvalue weighted by atomic mass is 79.9. The van der Waals surface area contributed by atoms with Gasteiger partial charge in [0.15, 0.2) is 5.54 Å². The number of nitrogens with zero attached hydrogens (tertiary/aromatic N) is 2. The Morgan fingerprint density at radius 1 is 1.38 bits per heavy atom. The Kier molecular flexibility index (Phi) is 7.25. The fourth-order valence-corrected chi connectivity index (χ4v) is 2.93. The zero-order valence-corrected chi connectivity index (χ0v) is 17.4. The van der Waals surface area contributed by atoms with Crippen LogP contribution in [0.5, 0.6) is 0 Å². The fraction of sp³-hybridized carbons (Fsp3) is 0.278. The van der Waals surface area contributed by atoms with Crippen molar-refractivity contribution in [1.82, 2.24) is 4.98 Å². The van der Waals surface area contributed by atoms with E-state index in [1.807, 2.05) is 0 Å². The molecule has 1 aromatic carbocycles. The number of amides is 1. The second-order valence-electron chi connectivity index (χ2n) is 6.23. The van der Waals surface area contributed by atoms with Gasteiger partial charge in [0.2, 0.25) is 0 Å². The smallest absolute Gasteiger partial charge is 0.274 e. The molecule has 156 valence electrons. The third-order valence-corrected chi connectivity index (χ3v) is 4.78. The van der Waals surface area contributed by atoms with Crippen LogP contribution in [0.25, 0.3) is 0 Å². The van der Waals surface area contributed by atoms with Gasteiger partial charge < -0.3 is 15.8 Å². The highest BCUT2D eigenvalue weighted by molar-refractivity contribution is 9.10. The summed E-state index contributed by atoms with van der Waals surface area (Å²) in [4.78, 5) is 20.1. The number of carbonyl (C=O) groups excluding carboxylic acids is 1. The molecule has 1 amide bonds. The van der Waals surface area contributed by atoms with Gasteiger partial charge in [0, 0.05) is 21.9 Å². The number of rotatable bonds is 4. The van der Waals surface area contributed by atoms with Crippen molar-refractivity contribution >= 4 is 45.8 Å². The first-order valence-electron chi connectivity index (χ1n) is 8.21. The molecule has 2 atom stereocenters. The summed E-state index contributed by atoms with van der Waals surface area (Å²) in [5.74, 6) is -1.64. The van der Waals surface area contributed by atoms with E-state index in [-0.39, 0.29) is 29.6 Å².